The maximum Gasteiger partial charge on any atom is 0.170 e. The molecule has 0 aromatic heterocycles. The lowest BCUT2D eigenvalue weighted by molar-refractivity contribution is 0.0977. The summed E-state index contributed by atoms with van der Waals surface area (Å²) in [5.74, 6) is -0.558. The molecule has 0 amide bonds. The number of phenolic OH excluding ortho intramolecular Hbond substituents is 2. The van der Waals surface area contributed by atoms with Crippen LogP contribution < -0.4 is 0 Å². The Hall–Kier alpha value is -2.29. The van der Waals surface area contributed by atoms with Crippen LogP contribution in [0.1, 0.15) is 33.5 Å². The van der Waals surface area contributed by atoms with Gasteiger partial charge in [-0.3, -0.25) is 4.79 Å². The smallest absolute Gasteiger partial charge is 0.170 e. The Balaban J connectivity index is 2.16. The highest BCUT2D eigenvalue weighted by molar-refractivity contribution is 6.01. The summed E-state index contributed by atoms with van der Waals surface area (Å²) in [5, 5.41) is 19.6. The van der Waals surface area contributed by atoms with E-state index in [0.29, 0.717) is 6.42 Å². The predicted octanol–water partition coefficient (Wildman–Crippen LogP) is 3.53. The standard InChI is InChI=1S/C17H18O3/c1-11-9-15(19)17(16(20)10-11)14(18)8-7-13-6-4-3-5-12(13)2/h3-6,9-10,19-20H,7-8H2,1-2H3. The van der Waals surface area contributed by atoms with Gasteiger partial charge in [-0.15, -0.1) is 0 Å². The first-order valence-corrected chi connectivity index (χ1v) is 6.59. The van der Waals surface area contributed by atoms with E-state index in [1.807, 2.05) is 31.2 Å². The quantitative estimate of drug-likeness (QED) is 0.836. The monoisotopic (exact) mass is 270 g/mol. The SMILES string of the molecule is Cc1cc(O)c(C(=O)CCc2ccccc2C)c(O)c1. The Morgan fingerprint density at radius 1 is 1.05 bits per heavy atom. The topological polar surface area (TPSA) is 57.5 Å². The van der Waals surface area contributed by atoms with E-state index >= 15 is 0 Å². The van der Waals surface area contributed by atoms with E-state index in [9.17, 15) is 15.0 Å². The van der Waals surface area contributed by atoms with Crippen molar-refractivity contribution in [3.63, 3.8) is 0 Å². The zero-order chi connectivity index (χ0) is 14.7. The highest BCUT2D eigenvalue weighted by Crippen LogP contribution is 2.30. The van der Waals surface area contributed by atoms with Crippen molar-refractivity contribution < 1.29 is 15.0 Å². The van der Waals surface area contributed by atoms with E-state index in [0.717, 1.165) is 16.7 Å². The Morgan fingerprint density at radius 3 is 2.25 bits per heavy atom. The molecule has 3 heteroatoms. The lowest BCUT2D eigenvalue weighted by Crippen LogP contribution is -2.03. The van der Waals surface area contributed by atoms with Crippen LogP contribution in [0.2, 0.25) is 0 Å². The number of hydrogen-bond acceptors (Lipinski definition) is 3. The number of carbonyl (C=O) groups is 1. The van der Waals surface area contributed by atoms with E-state index in [1.54, 1.807) is 6.92 Å². The molecule has 2 rings (SSSR count). The molecular formula is C17H18O3. The van der Waals surface area contributed by atoms with Crippen LogP contribution in [0.5, 0.6) is 11.5 Å². The van der Waals surface area contributed by atoms with Gasteiger partial charge in [-0.2, -0.15) is 0 Å². The van der Waals surface area contributed by atoms with E-state index in [1.165, 1.54) is 12.1 Å². The van der Waals surface area contributed by atoms with E-state index in [2.05, 4.69) is 0 Å². The molecule has 0 saturated carbocycles. The Labute approximate surface area is 118 Å². The van der Waals surface area contributed by atoms with Gasteiger partial charge in [-0.05, 0) is 49.1 Å². The molecule has 0 spiro atoms. The number of benzene rings is 2. The summed E-state index contributed by atoms with van der Waals surface area (Å²) in [6.45, 7) is 3.75. The van der Waals surface area contributed by atoms with E-state index in [4.69, 9.17) is 0 Å². The van der Waals surface area contributed by atoms with Gasteiger partial charge >= 0.3 is 0 Å². The van der Waals surface area contributed by atoms with Gasteiger partial charge < -0.3 is 10.2 Å². The first kappa shape index (κ1) is 14.1. The van der Waals surface area contributed by atoms with Gasteiger partial charge in [-0.25, -0.2) is 0 Å². The molecule has 0 bridgehead atoms. The Kier molecular flexibility index (Phi) is 4.08. The molecule has 0 radical (unpaired) electrons. The summed E-state index contributed by atoms with van der Waals surface area (Å²) in [6.07, 6.45) is 0.854. The number of aromatic hydroxyl groups is 2. The van der Waals surface area contributed by atoms with E-state index in [-0.39, 0.29) is 29.3 Å². The molecule has 2 N–H and O–H groups in total. The summed E-state index contributed by atoms with van der Waals surface area (Å²) in [6, 6.07) is 10.9. The first-order chi connectivity index (χ1) is 9.49. The van der Waals surface area contributed by atoms with Crippen molar-refractivity contribution in [1.29, 1.82) is 0 Å². The minimum absolute atomic E-state index is 0.0178. The molecule has 0 aliphatic carbocycles. The van der Waals surface area contributed by atoms with Crippen LogP contribution in [0.4, 0.5) is 0 Å². The number of hydrogen-bond donors (Lipinski definition) is 2. The molecule has 0 aliphatic rings. The molecule has 2 aromatic carbocycles. The van der Waals surface area contributed by atoms with Crippen LogP contribution in [0, 0.1) is 13.8 Å². The number of Topliss-reactive ketones (excluding diaryl/α,β-unsaturated/α-hetero) is 1. The predicted molar refractivity (Wildman–Crippen MR) is 78.3 cm³/mol. The summed E-state index contributed by atoms with van der Waals surface area (Å²) in [4.78, 5) is 12.2. The zero-order valence-corrected chi connectivity index (χ0v) is 11.7. The summed E-state index contributed by atoms with van der Waals surface area (Å²) >= 11 is 0. The molecule has 0 saturated heterocycles. The maximum absolute atomic E-state index is 12.2. The maximum atomic E-state index is 12.2. The molecule has 20 heavy (non-hydrogen) atoms. The second kappa shape index (κ2) is 5.78. The molecule has 0 fully saturated rings. The lowest BCUT2D eigenvalue weighted by Gasteiger charge is -2.09. The van der Waals surface area contributed by atoms with Crippen LogP contribution in [-0.2, 0) is 6.42 Å². The van der Waals surface area contributed by atoms with Crippen molar-refractivity contribution >= 4 is 5.78 Å². The van der Waals surface area contributed by atoms with Crippen LogP contribution in [0.3, 0.4) is 0 Å². The van der Waals surface area contributed by atoms with Gasteiger partial charge in [-0.1, -0.05) is 24.3 Å². The number of phenols is 2. The van der Waals surface area contributed by atoms with Gasteiger partial charge in [0.25, 0.3) is 0 Å². The van der Waals surface area contributed by atoms with Crippen LogP contribution in [-0.4, -0.2) is 16.0 Å². The van der Waals surface area contributed by atoms with Gasteiger partial charge in [0.05, 0.1) is 0 Å². The number of carbonyl (C=O) groups excluding carboxylic acids is 1. The number of ketones is 1. The number of aryl methyl sites for hydroxylation is 3. The minimum atomic E-state index is -0.247. The second-order valence-corrected chi connectivity index (χ2v) is 5.03. The molecule has 104 valence electrons. The molecule has 0 atom stereocenters. The lowest BCUT2D eigenvalue weighted by atomic mass is 9.98. The second-order valence-electron chi connectivity index (χ2n) is 5.03. The summed E-state index contributed by atoms with van der Waals surface area (Å²) < 4.78 is 0. The largest absolute Gasteiger partial charge is 0.507 e. The molecular weight excluding hydrogens is 252 g/mol. The minimum Gasteiger partial charge on any atom is -0.507 e. The first-order valence-electron chi connectivity index (χ1n) is 6.59. The van der Waals surface area contributed by atoms with Crippen molar-refractivity contribution in [2.75, 3.05) is 0 Å². The molecule has 2 aromatic rings. The zero-order valence-electron chi connectivity index (χ0n) is 11.7. The van der Waals surface area contributed by atoms with Crippen molar-refractivity contribution in [2.45, 2.75) is 26.7 Å². The third kappa shape index (κ3) is 2.99. The van der Waals surface area contributed by atoms with E-state index < -0.39 is 0 Å². The van der Waals surface area contributed by atoms with Crippen LogP contribution >= 0.6 is 0 Å². The average Bonchev–Trinajstić information content (AvgIpc) is 2.36. The summed E-state index contributed by atoms with van der Waals surface area (Å²) in [7, 11) is 0. The third-order valence-corrected chi connectivity index (χ3v) is 3.40. The molecule has 0 unspecified atom stereocenters. The van der Waals surface area contributed by atoms with Gasteiger partial charge in [0, 0.05) is 6.42 Å². The number of rotatable bonds is 4. The molecule has 0 heterocycles. The third-order valence-electron chi connectivity index (χ3n) is 3.40. The molecule has 3 nitrogen and oxygen atoms in total. The van der Waals surface area contributed by atoms with Crippen molar-refractivity contribution in [2.24, 2.45) is 0 Å². The van der Waals surface area contributed by atoms with Crippen molar-refractivity contribution in [3.8, 4) is 11.5 Å². The molecule has 0 aliphatic heterocycles. The van der Waals surface area contributed by atoms with Crippen LogP contribution in [0.25, 0.3) is 0 Å². The normalized spacial score (nSPS) is 10.5. The Bertz CT molecular complexity index is 621. The van der Waals surface area contributed by atoms with Crippen molar-refractivity contribution in [1.82, 2.24) is 0 Å². The highest BCUT2D eigenvalue weighted by Gasteiger charge is 2.17. The van der Waals surface area contributed by atoms with Crippen LogP contribution in [0.15, 0.2) is 36.4 Å². The highest BCUT2D eigenvalue weighted by atomic mass is 16.3. The van der Waals surface area contributed by atoms with Gasteiger partial charge in [0.15, 0.2) is 5.78 Å². The fraction of sp³-hybridized carbons (Fsp3) is 0.235. The average molecular weight is 270 g/mol. The van der Waals surface area contributed by atoms with Crippen molar-refractivity contribution in [3.05, 3.63) is 58.7 Å². The fourth-order valence-electron chi connectivity index (χ4n) is 2.30. The fourth-order valence-corrected chi connectivity index (χ4v) is 2.30. The van der Waals surface area contributed by atoms with Gasteiger partial charge in [0.1, 0.15) is 17.1 Å². The summed E-state index contributed by atoms with van der Waals surface area (Å²) in [5.41, 5.74) is 2.98. The Morgan fingerprint density at radius 2 is 1.65 bits per heavy atom. The van der Waals surface area contributed by atoms with Gasteiger partial charge in [0.2, 0.25) is 0 Å².